The second kappa shape index (κ2) is 26.2. The lowest BCUT2D eigenvalue weighted by atomic mass is 9.84. The van der Waals surface area contributed by atoms with Gasteiger partial charge in [-0.25, -0.2) is 19.3 Å². The smallest absolute Gasteiger partial charge is 0.238 e. The number of rotatable bonds is 18. The molecule has 2 aromatic heterocycles. The Labute approximate surface area is 441 Å². The molecule has 388 valence electrons. The van der Waals surface area contributed by atoms with Gasteiger partial charge < -0.3 is 29.5 Å². The van der Waals surface area contributed by atoms with Gasteiger partial charge in [-0.1, -0.05) is 163 Å². The zero-order chi connectivity index (χ0) is 51.3. The number of halogens is 3. The summed E-state index contributed by atoms with van der Waals surface area (Å²) in [6, 6.07) is 38.9. The lowest BCUT2D eigenvalue weighted by Gasteiger charge is -2.43. The first kappa shape index (κ1) is 57.7. The van der Waals surface area contributed by atoms with Crippen LogP contribution in [0.2, 0.25) is 0 Å². The summed E-state index contributed by atoms with van der Waals surface area (Å²) < 4.78 is 15.6. The molecule has 0 saturated carbocycles. The predicted molar refractivity (Wildman–Crippen MR) is 286 cm³/mol. The van der Waals surface area contributed by atoms with Crippen LogP contribution in [0, 0.1) is 22.7 Å². The number of hydrogen-bond acceptors (Lipinski definition) is 10. The summed E-state index contributed by atoms with van der Waals surface area (Å²) in [5.41, 5.74) is 3.17. The lowest BCUT2D eigenvalue weighted by molar-refractivity contribution is -0.263. The van der Waals surface area contributed by atoms with Gasteiger partial charge in [0.15, 0.2) is 29.1 Å². The van der Waals surface area contributed by atoms with Gasteiger partial charge in [-0.05, 0) is 35.8 Å². The van der Waals surface area contributed by atoms with E-state index < -0.39 is 23.2 Å². The van der Waals surface area contributed by atoms with Gasteiger partial charge in [0.25, 0.3) is 0 Å². The van der Waals surface area contributed by atoms with Crippen molar-refractivity contribution in [1.29, 1.82) is 0 Å². The van der Waals surface area contributed by atoms with Crippen molar-refractivity contribution in [2.24, 2.45) is 22.7 Å². The van der Waals surface area contributed by atoms with Crippen LogP contribution in [0.25, 0.3) is 22.8 Å². The highest BCUT2D eigenvalue weighted by Crippen LogP contribution is 2.41. The molecule has 1 fully saturated rings. The van der Waals surface area contributed by atoms with Crippen LogP contribution in [0.5, 0.6) is 0 Å². The Hall–Kier alpha value is -5.19. The van der Waals surface area contributed by atoms with Crippen LogP contribution in [-0.2, 0) is 32.2 Å². The standard InChI is InChI=1S/C29H37ClN4O3.C26H33ClN4O3.ClH/c1-28(2,3)25(33(24(35)16-30)17-22-19-36-29(4,5)37-20-22)27-31-26(23-14-10-7-11-15-23)32-34(27)18-21-12-8-6-9-13-21;1-26(2,3)23(30(22(34)14-27)15-20(17-32)18-33)25-28-24(21-12-8-5-9-13-21)29-31(25)16-19-10-6-4-7-11-19;/h6-15,22,25H,16-20H2,1-5H3;4-13,20,23,32-33H,14-18H2,1-3H3;1H/t25-;23-;/m00./s1. The molecule has 72 heavy (non-hydrogen) atoms. The second-order valence-electron chi connectivity index (χ2n) is 20.6. The number of nitrogens with zero attached hydrogens (tertiary/aromatic N) is 8. The number of aromatic nitrogens is 6. The molecule has 6 aromatic rings. The van der Waals surface area contributed by atoms with Crippen molar-refractivity contribution in [3.63, 3.8) is 0 Å². The molecule has 0 unspecified atom stereocenters. The molecule has 1 aliphatic rings. The number of hydrogen-bond donors (Lipinski definition) is 2. The Morgan fingerprint density at radius 1 is 0.639 bits per heavy atom. The number of aliphatic hydroxyl groups excluding tert-OH is 2. The van der Waals surface area contributed by atoms with Crippen LogP contribution in [0.3, 0.4) is 0 Å². The van der Waals surface area contributed by atoms with Crippen molar-refractivity contribution in [1.82, 2.24) is 39.3 Å². The fraction of sp³-hybridized carbons (Fsp3) is 0.455. The summed E-state index contributed by atoms with van der Waals surface area (Å²) in [4.78, 5) is 39.9. The van der Waals surface area contributed by atoms with Crippen LogP contribution < -0.4 is 0 Å². The van der Waals surface area contributed by atoms with Crippen molar-refractivity contribution in [2.75, 3.05) is 51.3 Å². The van der Waals surface area contributed by atoms with Crippen LogP contribution in [-0.4, -0.2) is 118 Å². The summed E-state index contributed by atoms with van der Waals surface area (Å²) in [6.07, 6.45) is 0. The second-order valence-corrected chi connectivity index (χ2v) is 21.2. The molecule has 0 bridgehead atoms. The molecule has 1 aliphatic heterocycles. The minimum absolute atomic E-state index is 0. The molecule has 2 amide bonds. The maximum Gasteiger partial charge on any atom is 0.238 e. The minimum atomic E-state index is -0.623. The van der Waals surface area contributed by atoms with E-state index in [-0.39, 0.29) is 73.1 Å². The monoisotopic (exact) mass is 1040 g/mol. The van der Waals surface area contributed by atoms with Crippen LogP contribution >= 0.6 is 35.6 Å². The van der Waals surface area contributed by atoms with Crippen molar-refractivity contribution in [2.45, 2.75) is 86.4 Å². The Morgan fingerprint density at radius 3 is 1.36 bits per heavy atom. The minimum Gasteiger partial charge on any atom is -0.396 e. The Kier molecular flexibility index (Phi) is 21.0. The van der Waals surface area contributed by atoms with Gasteiger partial charge in [-0.15, -0.1) is 35.6 Å². The van der Waals surface area contributed by atoms with E-state index in [4.69, 9.17) is 52.8 Å². The van der Waals surface area contributed by atoms with Crippen LogP contribution in [0.4, 0.5) is 0 Å². The summed E-state index contributed by atoms with van der Waals surface area (Å²) in [7, 11) is 0. The molecule has 1 saturated heterocycles. The summed E-state index contributed by atoms with van der Waals surface area (Å²) >= 11 is 12.2. The van der Waals surface area contributed by atoms with E-state index in [2.05, 4.69) is 32.9 Å². The number of carbonyl (C=O) groups excluding carboxylic acids is 2. The van der Waals surface area contributed by atoms with Gasteiger partial charge in [-0.2, -0.15) is 10.2 Å². The molecule has 4 aromatic carbocycles. The molecule has 2 N–H and O–H groups in total. The molecular formula is C55H71Cl3N8O6. The predicted octanol–water partition coefficient (Wildman–Crippen LogP) is 9.72. The van der Waals surface area contributed by atoms with Crippen LogP contribution in [0.1, 0.15) is 90.2 Å². The molecule has 14 nitrogen and oxygen atoms in total. The van der Waals surface area contributed by atoms with E-state index in [1.54, 1.807) is 4.90 Å². The maximum atomic E-state index is 13.4. The van der Waals surface area contributed by atoms with Gasteiger partial charge >= 0.3 is 0 Å². The first-order valence-corrected chi connectivity index (χ1v) is 25.2. The van der Waals surface area contributed by atoms with Gasteiger partial charge in [-0.3, -0.25) is 9.59 Å². The van der Waals surface area contributed by atoms with Crippen molar-refractivity contribution < 1.29 is 29.3 Å². The van der Waals surface area contributed by atoms with Gasteiger partial charge in [0, 0.05) is 49.3 Å². The summed E-state index contributed by atoms with van der Waals surface area (Å²) in [6.45, 7) is 18.4. The van der Waals surface area contributed by atoms with E-state index in [1.165, 1.54) is 0 Å². The molecule has 0 aliphatic carbocycles. The third-order valence-electron chi connectivity index (χ3n) is 12.2. The van der Waals surface area contributed by atoms with E-state index in [9.17, 15) is 19.8 Å². The fourth-order valence-electron chi connectivity index (χ4n) is 8.68. The van der Waals surface area contributed by atoms with Gasteiger partial charge in [0.2, 0.25) is 11.8 Å². The number of aliphatic hydroxyl groups is 2. The highest BCUT2D eigenvalue weighted by atomic mass is 35.5. The van der Waals surface area contributed by atoms with E-state index >= 15 is 0 Å². The summed E-state index contributed by atoms with van der Waals surface area (Å²) in [5.74, 6) is 0.687. The molecular weight excluding hydrogens is 975 g/mol. The average Bonchev–Trinajstić information content (AvgIpc) is 3.96. The Bertz CT molecular complexity index is 2570. The number of amides is 2. The highest BCUT2D eigenvalue weighted by molar-refractivity contribution is 6.27. The maximum absolute atomic E-state index is 13.4. The molecule has 7 rings (SSSR count). The Morgan fingerprint density at radius 2 is 1.00 bits per heavy atom. The average molecular weight is 1050 g/mol. The normalized spacial score (nSPS) is 14.7. The molecule has 17 heteroatoms. The first-order chi connectivity index (χ1) is 33.8. The lowest BCUT2D eigenvalue weighted by Crippen LogP contribution is -2.49. The van der Waals surface area contributed by atoms with E-state index in [0.29, 0.717) is 50.3 Å². The largest absolute Gasteiger partial charge is 0.396 e. The fourth-order valence-corrected chi connectivity index (χ4v) is 8.99. The number of ether oxygens (including phenoxy) is 2. The number of carbonyl (C=O) groups is 2. The SMILES string of the molecule is CC(C)(C)[C@H](c1nc(-c2ccccc2)nn1Cc1ccccc1)N(CC(CO)CO)C(=O)CCl.CC1(C)OCC(CN(C(=O)CCl)[C@@H](c2nc(-c3ccccc3)nn2Cc2ccccc2)C(C)(C)C)CO1.Cl. The molecule has 3 heterocycles. The van der Waals surface area contributed by atoms with Gasteiger partial charge in [0.05, 0.1) is 38.4 Å². The van der Waals surface area contributed by atoms with Crippen molar-refractivity contribution in [3.05, 3.63) is 144 Å². The quantitative estimate of drug-likeness (QED) is 0.0794. The van der Waals surface area contributed by atoms with E-state index in [0.717, 1.165) is 28.1 Å². The first-order valence-electron chi connectivity index (χ1n) is 24.1. The molecule has 0 radical (unpaired) electrons. The van der Waals surface area contributed by atoms with E-state index in [1.807, 2.05) is 158 Å². The number of alkyl halides is 2. The molecule has 0 spiro atoms. The molecule has 2 atom stereocenters. The van der Waals surface area contributed by atoms with Crippen molar-refractivity contribution >= 4 is 47.4 Å². The zero-order valence-electron chi connectivity index (χ0n) is 42.7. The summed E-state index contributed by atoms with van der Waals surface area (Å²) in [5, 5.41) is 29.2. The van der Waals surface area contributed by atoms with Crippen LogP contribution in [0.15, 0.2) is 121 Å². The highest BCUT2D eigenvalue weighted by Gasteiger charge is 2.42. The zero-order valence-corrected chi connectivity index (χ0v) is 45.0. The topological polar surface area (TPSA) is 161 Å². The van der Waals surface area contributed by atoms with Gasteiger partial charge in [0.1, 0.15) is 11.8 Å². The number of benzene rings is 4. The third-order valence-corrected chi connectivity index (χ3v) is 12.7. The third kappa shape index (κ3) is 15.4. The van der Waals surface area contributed by atoms with Crippen molar-refractivity contribution in [3.8, 4) is 22.8 Å². The Balaban J connectivity index is 0.000000265.